The normalized spacial score (nSPS) is 9.64. The van der Waals surface area contributed by atoms with Crippen LogP contribution in [0.15, 0.2) is 6.07 Å². The first-order valence-electron chi connectivity index (χ1n) is 3.23. The number of hydrogen-bond donors (Lipinski definition) is 0. The minimum Gasteiger partial charge on any atom is -0.310 e. The van der Waals surface area contributed by atoms with Gasteiger partial charge in [0.25, 0.3) is 0 Å². The zero-order valence-corrected chi connectivity index (χ0v) is 9.47. The summed E-state index contributed by atoms with van der Waals surface area (Å²) >= 11 is 22.7. The molecule has 0 N–H and O–H groups in total. The Morgan fingerprint density at radius 1 is 1.14 bits per heavy atom. The van der Waals surface area contributed by atoms with Crippen molar-refractivity contribution in [3.63, 3.8) is 0 Å². The molecule has 6 heteroatoms. The van der Waals surface area contributed by atoms with Gasteiger partial charge < -0.3 is 4.79 Å². The number of benzene rings is 1. The van der Waals surface area contributed by atoms with Gasteiger partial charge in [-0.05, 0) is 6.07 Å². The Bertz CT molecular complexity index is 450. The van der Waals surface area contributed by atoms with Crippen LogP contribution >= 0.6 is 46.4 Å². The molecule has 0 radical (unpaired) electrons. The second-order valence-electron chi connectivity index (χ2n) is 2.26. The van der Waals surface area contributed by atoms with Gasteiger partial charge in [0.15, 0.2) is 0 Å². The van der Waals surface area contributed by atoms with Crippen molar-refractivity contribution < 1.29 is 4.79 Å². The third-order valence-corrected chi connectivity index (χ3v) is 3.19. The number of amides is 1. The predicted molar refractivity (Wildman–Crippen MR) is 57.4 cm³/mol. The molecule has 0 spiro atoms. The lowest BCUT2D eigenvalue weighted by molar-refractivity contribution is 0.104. The largest absolute Gasteiger partial charge is 0.387 e. The van der Waals surface area contributed by atoms with Gasteiger partial charge in [-0.2, -0.15) is 4.85 Å². The zero-order chi connectivity index (χ0) is 10.9. The van der Waals surface area contributed by atoms with E-state index in [0.717, 1.165) is 0 Å². The van der Waals surface area contributed by atoms with E-state index in [9.17, 15) is 4.79 Å². The van der Waals surface area contributed by atoms with Crippen molar-refractivity contribution in [1.29, 1.82) is 0 Å². The van der Waals surface area contributed by atoms with Crippen LogP contribution in [-0.2, 0) is 0 Å². The minimum atomic E-state index is -0.824. The van der Waals surface area contributed by atoms with Crippen LogP contribution in [-0.4, -0.2) is 5.91 Å². The first kappa shape index (κ1) is 11.6. The van der Waals surface area contributed by atoms with Crippen molar-refractivity contribution in [2.75, 3.05) is 0 Å². The quantitative estimate of drug-likeness (QED) is 0.421. The van der Waals surface area contributed by atoms with Gasteiger partial charge in [-0.3, -0.25) is 0 Å². The maximum atomic E-state index is 11.1. The first-order valence-corrected chi connectivity index (χ1v) is 4.75. The van der Waals surface area contributed by atoms with Crippen molar-refractivity contribution in [3.05, 3.63) is 43.1 Å². The summed E-state index contributed by atoms with van der Waals surface area (Å²) in [5, 5.41) is 0.0860. The highest BCUT2D eigenvalue weighted by molar-refractivity contribution is 6.52. The Hall–Kier alpha value is -0.460. The highest BCUT2D eigenvalue weighted by Gasteiger charge is 2.17. The molecule has 0 aliphatic carbocycles. The van der Waals surface area contributed by atoms with E-state index in [1.807, 2.05) is 0 Å². The Morgan fingerprint density at radius 3 is 2.21 bits per heavy atom. The number of carbonyl (C=O) groups excluding carboxylic acids is 1. The molecule has 0 unspecified atom stereocenters. The Labute approximate surface area is 100 Å². The van der Waals surface area contributed by atoms with Gasteiger partial charge in [0, 0.05) is 5.56 Å². The summed E-state index contributed by atoms with van der Waals surface area (Å²) in [6, 6.07) is 1.22. The third kappa shape index (κ3) is 1.97. The second kappa shape index (κ2) is 4.37. The van der Waals surface area contributed by atoms with Gasteiger partial charge in [0.1, 0.15) is 0 Å². The van der Waals surface area contributed by atoms with E-state index in [0.29, 0.717) is 0 Å². The number of hydrogen-bond acceptors (Lipinski definition) is 1. The van der Waals surface area contributed by atoms with Gasteiger partial charge >= 0.3 is 5.91 Å². The van der Waals surface area contributed by atoms with Crippen LogP contribution in [0.25, 0.3) is 4.85 Å². The monoisotopic (exact) mass is 267 g/mol. The summed E-state index contributed by atoms with van der Waals surface area (Å²) in [5.41, 5.74) is -0.0407. The lowest BCUT2D eigenvalue weighted by Crippen LogP contribution is -1.94. The lowest BCUT2D eigenvalue weighted by atomic mass is 10.2. The molecule has 2 nitrogen and oxygen atoms in total. The summed E-state index contributed by atoms with van der Waals surface area (Å²) in [4.78, 5) is 13.7. The van der Waals surface area contributed by atoms with Gasteiger partial charge in [-0.1, -0.05) is 46.4 Å². The fourth-order valence-electron chi connectivity index (χ4n) is 0.789. The average molecular weight is 269 g/mol. The molecule has 0 aliphatic rings. The summed E-state index contributed by atoms with van der Waals surface area (Å²) in [7, 11) is 0. The smallest absolute Gasteiger partial charge is 0.310 e. The van der Waals surface area contributed by atoms with Crippen LogP contribution in [0, 0.1) is 6.57 Å². The van der Waals surface area contributed by atoms with E-state index < -0.39 is 5.91 Å². The van der Waals surface area contributed by atoms with Crippen molar-refractivity contribution in [2.45, 2.75) is 0 Å². The van der Waals surface area contributed by atoms with Crippen LogP contribution in [0.5, 0.6) is 0 Å². The SMILES string of the molecule is [C-]#[N+]C(=O)c1cc(Cl)c(Cl)c(Cl)c1Cl. The molecule has 1 rings (SSSR count). The van der Waals surface area contributed by atoms with Gasteiger partial charge in [-0.25, -0.2) is 0 Å². The molecule has 0 heterocycles. The molecule has 0 atom stereocenters. The van der Waals surface area contributed by atoms with Crippen molar-refractivity contribution in [1.82, 2.24) is 0 Å². The maximum absolute atomic E-state index is 11.1. The summed E-state index contributed by atoms with van der Waals surface area (Å²) in [5.74, 6) is -0.824. The number of carbonyl (C=O) groups is 1. The Balaban J connectivity index is 3.50. The molecule has 0 aromatic heterocycles. The molecule has 1 amide bonds. The van der Waals surface area contributed by atoms with Crippen LogP contribution < -0.4 is 0 Å². The lowest BCUT2D eigenvalue weighted by Gasteiger charge is -2.04. The molecule has 0 fully saturated rings. The third-order valence-electron chi connectivity index (χ3n) is 1.43. The highest BCUT2D eigenvalue weighted by Crippen LogP contribution is 2.38. The standard InChI is InChI=1S/C8HCl4NO/c1-13-8(14)3-2-4(9)6(11)7(12)5(3)10/h2H. The molecule has 1 aromatic rings. The van der Waals surface area contributed by atoms with E-state index in [2.05, 4.69) is 4.85 Å². The van der Waals surface area contributed by atoms with Crippen LogP contribution in [0.2, 0.25) is 20.1 Å². The first-order chi connectivity index (χ1) is 6.49. The van der Waals surface area contributed by atoms with Crippen molar-refractivity contribution in [2.24, 2.45) is 0 Å². The van der Waals surface area contributed by atoms with Crippen molar-refractivity contribution >= 4 is 52.3 Å². The number of halogens is 4. The zero-order valence-electron chi connectivity index (χ0n) is 6.44. The minimum absolute atomic E-state index is 0.0205. The molecule has 1 aromatic carbocycles. The molecular formula is C8HCl4NO. The van der Waals surface area contributed by atoms with E-state index in [1.54, 1.807) is 0 Å². The molecule has 0 saturated heterocycles. The Kier molecular flexibility index (Phi) is 3.63. The molecular weight excluding hydrogens is 268 g/mol. The fraction of sp³-hybridized carbons (Fsp3) is 0. The number of rotatable bonds is 1. The van der Waals surface area contributed by atoms with E-state index in [1.165, 1.54) is 6.07 Å². The van der Waals surface area contributed by atoms with Crippen LogP contribution in [0.1, 0.15) is 10.4 Å². The van der Waals surface area contributed by atoms with Crippen LogP contribution in [0.3, 0.4) is 0 Å². The van der Waals surface area contributed by atoms with Gasteiger partial charge in [0.2, 0.25) is 0 Å². The van der Waals surface area contributed by atoms with Crippen molar-refractivity contribution in [3.8, 4) is 0 Å². The van der Waals surface area contributed by atoms with E-state index in [4.69, 9.17) is 53.0 Å². The molecule has 72 valence electrons. The number of nitrogens with zero attached hydrogens (tertiary/aromatic N) is 1. The van der Waals surface area contributed by atoms with Gasteiger partial charge in [-0.15, -0.1) is 0 Å². The summed E-state index contributed by atoms with van der Waals surface area (Å²) < 4.78 is 0. The maximum Gasteiger partial charge on any atom is 0.387 e. The molecule has 0 aliphatic heterocycles. The topological polar surface area (TPSA) is 21.4 Å². The Morgan fingerprint density at radius 2 is 1.71 bits per heavy atom. The highest BCUT2D eigenvalue weighted by atomic mass is 35.5. The summed E-state index contributed by atoms with van der Waals surface area (Å²) in [6.07, 6.45) is 0. The second-order valence-corrected chi connectivity index (χ2v) is 3.81. The average Bonchev–Trinajstić information content (AvgIpc) is 2.19. The fourth-order valence-corrected chi connectivity index (χ4v) is 1.67. The van der Waals surface area contributed by atoms with Crippen LogP contribution in [0.4, 0.5) is 0 Å². The molecule has 0 bridgehead atoms. The van der Waals surface area contributed by atoms with E-state index in [-0.39, 0.29) is 25.7 Å². The molecule has 0 saturated carbocycles. The molecule has 14 heavy (non-hydrogen) atoms. The summed E-state index contributed by atoms with van der Waals surface area (Å²) in [6.45, 7) is 6.54. The van der Waals surface area contributed by atoms with E-state index >= 15 is 0 Å². The predicted octanol–water partition coefficient (Wildman–Crippen LogP) is 4.36. The van der Waals surface area contributed by atoms with Gasteiger partial charge in [0.05, 0.1) is 26.7 Å².